The molecule has 1 unspecified atom stereocenters. The number of hydrogen-bond donors (Lipinski definition) is 0. The molecule has 0 saturated carbocycles. The molecule has 1 heterocycles. The van der Waals surface area contributed by atoms with E-state index in [4.69, 9.17) is 0 Å². The van der Waals surface area contributed by atoms with E-state index in [0.29, 0.717) is 12.1 Å². The van der Waals surface area contributed by atoms with Gasteiger partial charge < -0.3 is 4.90 Å². The molecule has 1 saturated heterocycles. The summed E-state index contributed by atoms with van der Waals surface area (Å²) in [4.78, 5) is 15.4. The molecule has 1 atom stereocenters. The molecule has 0 N–H and O–H groups in total. The lowest BCUT2D eigenvalue weighted by Gasteiger charge is -2.36. The van der Waals surface area contributed by atoms with Gasteiger partial charge in [0.25, 0.3) is 5.91 Å². The van der Waals surface area contributed by atoms with Crippen molar-refractivity contribution in [2.75, 3.05) is 19.3 Å². The minimum absolute atomic E-state index is 0.0360. The molecule has 1 aliphatic heterocycles. The van der Waals surface area contributed by atoms with Gasteiger partial charge in [0.1, 0.15) is 0 Å². The number of carbonyl (C=O) groups is 1. The first-order valence-corrected chi connectivity index (χ1v) is 7.65. The number of amides is 1. The molecular weight excluding hydrogens is 256 g/mol. The van der Waals surface area contributed by atoms with Crippen molar-refractivity contribution < 1.29 is 4.79 Å². The van der Waals surface area contributed by atoms with Crippen molar-refractivity contribution in [3.8, 4) is 6.07 Å². The molecule has 1 amide bonds. The SMILES string of the molecule is CSc1ccc(C(=O)N2CCCC(C)(C#N)C2)cc1. The number of benzene rings is 1. The molecule has 100 valence electrons. The molecule has 0 spiro atoms. The van der Waals surface area contributed by atoms with Gasteiger partial charge >= 0.3 is 0 Å². The highest BCUT2D eigenvalue weighted by Crippen LogP contribution is 2.29. The zero-order chi connectivity index (χ0) is 13.9. The van der Waals surface area contributed by atoms with Gasteiger partial charge in [0, 0.05) is 23.5 Å². The molecule has 0 bridgehead atoms. The maximum absolute atomic E-state index is 12.4. The smallest absolute Gasteiger partial charge is 0.253 e. The number of likely N-dealkylation sites (tertiary alicyclic amines) is 1. The average molecular weight is 274 g/mol. The summed E-state index contributed by atoms with van der Waals surface area (Å²) in [6.45, 7) is 3.22. The molecule has 1 aromatic carbocycles. The van der Waals surface area contributed by atoms with E-state index in [0.717, 1.165) is 24.3 Å². The maximum atomic E-state index is 12.4. The lowest BCUT2D eigenvalue weighted by molar-refractivity contribution is 0.0630. The number of carbonyl (C=O) groups excluding carboxylic acids is 1. The third-order valence-corrected chi connectivity index (χ3v) is 4.33. The van der Waals surface area contributed by atoms with E-state index >= 15 is 0 Å². The van der Waals surface area contributed by atoms with E-state index in [1.165, 1.54) is 0 Å². The first-order chi connectivity index (χ1) is 9.08. The Hall–Kier alpha value is -1.47. The first kappa shape index (κ1) is 14.0. The van der Waals surface area contributed by atoms with Crippen LogP contribution in [-0.4, -0.2) is 30.2 Å². The Morgan fingerprint density at radius 2 is 2.11 bits per heavy atom. The van der Waals surface area contributed by atoms with Gasteiger partial charge in [-0.25, -0.2) is 0 Å². The van der Waals surface area contributed by atoms with Gasteiger partial charge in [-0.15, -0.1) is 11.8 Å². The summed E-state index contributed by atoms with van der Waals surface area (Å²) in [5.41, 5.74) is 0.313. The molecule has 3 nitrogen and oxygen atoms in total. The highest BCUT2D eigenvalue weighted by Gasteiger charge is 2.33. The van der Waals surface area contributed by atoms with E-state index in [-0.39, 0.29) is 5.91 Å². The third-order valence-electron chi connectivity index (χ3n) is 3.59. The van der Waals surface area contributed by atoms with Crippen molar-refractivity contribution in [1.29, 1.82) is 5.26 Å². The van der Waals surface area contributed by atoms with Crippen molar-refractivity contribution in [1.82, 2.24) is 4.90 Å². The van der Waals surface area contributed by atoms with Crippen molar-refractivity contribution in [2.24, 2.45) is 5.41 Å². The van der Waals surface area contributed by atoms with Crippen LogP contribution < -0.4 is 0 Å². The molecule has 0 aliphatic carbocycles. The molecule has 1 aromatic rings. The fourth-order valence-electron chi connectivity index (χ4n) is 2.42. The molecule has 1 aliphatic rings. The van der Waals surface area contributed by atoms with Gasteiger partial charge in [0.05, 0.1) is 11.5 Å². The summed E-state index contributed by atoms with van der Waals surface area (Å²) in [6, 6.07) is 10.00. The predicted molar refractivity (Wildman–Crippen MR) is 77.1 cm³/mol. The van der Waals surface area contributed by atoms with Crippen LogP contribution in [0.15, 0.2) is 29.2 Å². The van der Waals surface area contributed by atoms with Crippen LogP contribution in [0.25, 0.3) is 0 Å². The number of thioether (sulfide) groups is 1. The molecule has 2 rings (SSSR count). The second kappa shape index (κ2) is 5.66. The van der Waals surface area contributed by atoms with E-state index in [9.17, 15) is 10.1 Å². The zero-order valence-electron chi connectivity index (χ0n) is 11.3. The normalized spacial score (nSPS) is 22.9. The van der Waals surface area contributed by atoms with Gasteiger partial charge in [-0.3, -0.25) is 4.79 Å². The van der Waals surface area contributed by atoms with Crippen LogP contribution in [0.5, 0.6) is 0 Å². The van der Waals surface area contributed by atoms with Gasteiger partial charge in [0.15, 0.2) is 0 Å². The Labute approximate surface area is 118 Å². The minimum atomic E-state index is -0.396. The number of nitrogens with zero attached hydrogens (tertiary/aromatic N) is 2. The highest BCUT2D eigenvalue weighted by atomic mass is 32.2. The van der Waals surface area contributed by atoms with Crippen LogP contribution in [0, 0.1) is 16.7 Å². The van der Waals surface area contributed by atoms with Gasteiger partial charge in [-0.2, -0.15) is 5.26 Å². The number of nitriles is 1. The summed E-state index contributed by atoms with van der Waals surface area (Å²) >= 11 is 1.66. The van der Waals surface area contributed by atoms with E-state index in [2.05, 4.69) is 6.07 Å². The Bertz CT molecular complexity index is 506. The molecule has 0 aromatic heterocycles. The van der Waals surface area contributed by atoms with E-state index < -0.39 is 5.41 Å². The van der Waals surface area contributed by atoms with Crippen molar-refractivity contribution in [3.05, 3.63) is 29.8 Å². The number of hydrogen-bond acceptors (Lipinski definition) is 3. The molecule has 19 heavy (non-hydrogen) atoms. The predicted octanol–water partition coefficient (Wildman–Crippen LogP) is 3.17. The Morgan fingerprint density at radius 3 is 2.68 bits per heavy atom. The summed E-state index contributed by atoms with van der Waals surface area (Å²) in [6.07, 6.45) is 3.79. The average Bonchev–Trinajstić information content (AvgIpc) is 2.46. The minimum Gasteiger partial charge on any atom is -0.337 e. The number of piperidine rings is 1. The molecule has 0 radical (unpaired) electrons. The quantitative estimate of drug-likeness (QED) is 0.778. The second-order valence-corrected chi connectivity index (χ2v) is 6.11. The Balaban J connectivity index is 2.13. The van der Waals surface area contributed by atoms with Crippen LogP contribution in [0.4, 0.5) is 0 Å². The fraction of sp³-hybridized carbons (Fsp3) is 0.467. The maximum Gasteiger partial charge on any atom is 0.253 e. The topological polar surface area (TPSA) is 44.1 Å². The van der Waals surface area contributed by atoms with Crippen LogP contribution in [0.1, 0.15) is 30.1 Å². The lowest BCUT2D eigenvalue weighted by atomic mass is 9.83. The fourth-order valence-corrected chi connectivity index (χ4v) is 2.83. The number of rotatable bonds is 2. The lowest BCUT2D eigenvalue weighted by Crippen LogP contribution is -2.44. The van der Waals surface area contributed by atoms with Crippen molar-refractivity contribution in [2.45, 2.75) is 24.7 Å². The summed E-state index contributed by atoms with van der Waals surface area (Å²) < 4.78 is 0. The Morgan fingerprint density at radius 1 is 1.42 bits per heavy atom. The van der Waals surface area contributed by atoms with Gasteiger partial charge in [-0.05, 0) is 50.3 Å². The van der Waals surface area contributed by atoms with Gasteiger partial charge in [-0.1, -0.05) is 0 Å². The zero-order valence-corrected chi connectivity index (χ0v) is 12.2. The largest absolute Gasteiger partial charge is 0.337 e. The third kappa shape index (κ3) is 3.10. The van der Waals surface area contributed by atoms with Crippen molar-refractivity contribution >= 4 is 17.7 Å². The second-order valence-electron chi connectivity index (χ2n) is 5.23. The molecular formula is C15H18N2OS. The summed E-state index contributed by atoms with van der Waals surface area (Å²) in [5.74, 6) is 0.0360. The first-order valence-electron chi connectivity index (χ1n) is 6.42. The molecule has 4 heteroatoms. The van der Waals surface area contributed by atoms with Crippen LogP contribution in [0.3, 0.4) is 0 Å². The van der Waals surface area contributed by atoms with Crippen molar-refractivity contribution in [3.63, 3.8) is 0 Å². The summed E-state index contributed by atoms with van der Waals surface area (Å²) in [5, 5.41) is 9.20. The Kier molecular flexibility index (Phi) is 4.16. The van der Waals surface area contributed by atoms with E-state index in [1.807, 2.05) is 37.4 Å². The van der Waals surface area contributed by atoms with Gasteiger partial charge in [0.2, 0.25) is 0 Å². The standard InChI is InChI=1S/C15H18N2OS/c1-15(10-16)8-3-9-17(11-15)14(18)12-4-6-13(19-2)7-5-12/h4-7H,3,8-9,11H2,1-2H3. The van der Waals surface area contributed by atoms with E-state index in [1.54, 1.807) is 16.7 Å². The highest BCUT2D eigenvalue weighted by molar-refractivity contribution is 7.98. The molecule has 1 fully saturated rings. The summed E-state index contributed by atoms with van der Waals surface area (Å²) in [7, 11) is 0. The van der Waals surface area contributed by atoms with Crippen LogP contribution >= 0.6 is 11.8 Å². The van der Waals surface area contributed by atoms with Crippen LogP contribution in [0.2, 0.25) is 0 Å². The van der Waals surface area contributed by atoms with Crippen LogP contribution in [-0.2, 0) is 0 Å². The monoisotopic (exact) mass is 274 g/mol.